The molecule has 14 nitrogen and oxygen atoms in total. The van der Waals surface area contributed by atoms with Gasteiger partial charge in [0.05, 0.1) is 87.4 Å². The van der Waals surface area contributed by atoms with Gasteiger partial charge in [0.2, 0.25) is 0 Å². The third-order valence-electron chi connectivity index (χ3n) is 11.9. The minimum atomic E-state index is -0.442. The molecule has 320 valence electrons. The molecule has 4 aromatic carbocycles. The number of anilines is 2. The summed E-state index contributed by atoms with van der Waals surface area (Å²) in [6.07, 6.45) is 15.7. The molecule has 0 amide bonds. The van der Waals surface area contributed by atoms with Crippen molar-refractivity contribution < 1.29 is 10.2 Å². The van der Waals surface area contributed by atoms with Gasteiger partial charge in [-0.1, -0.05) is 83.3 Å². The lowest BCUT2D eigenvalue weighted by Crippen LogP contribution is -2.20. The van der Waals surface area contributed by atoms with Crippen molar-refractivity contribution in [2.75, 3.05) is 10.6 Å². The Morgan fingerprint density at radius 3 is 1.78 bits per heavy atom. The number of nitrogens with one attached hydrogen (secondary N) is 2. The number of aliphatic hydroxyl groups is 2. The van der Waals surface area contributed by atoms with Gasteiger partial charge in [0, 0.05) is 69.7 Å². The topological polar surface area (TPSA) is 162 Å². The number of hydrogen-bond acceptors (Lipinski definition) is 12. The molecule has 2 aliphatic carbocycles. The van der Waals surface area contributed by atoms with E-state index in [1.165, 1.54) is 22.3 Å². The van der Waals surface area contributed by atoms with Gasteiger partial charge in [-0.25, -0.2) is 19.9 Å². The van der Waals surface area contributed by atoms with Crippen molar-refractivity contribution in [3.63, 3.8) is 0 Å². The monoisotopic (exact) mass is 884 g/mol. The van der Waals surface area contributed by atoms with E-state index in [-0.39, 0.29) is 12.1 Å². The maximum atomic E-state index is 10.6. The number of aromatic nitrogens is 10. The van der Waals surface area contributed by atoms with Crippen LogP contribution in [0.1, 0.15) is 45.5 Å². The van der Waals surface area contributed by atoms with E-state index in [1.54, 1.807) is 32.0 Å². The van der Waals surface area contributed by atoms with E-state index >= 15 is 0 Å². The van der Waals surface area contributed by atoms with E-state index in [9.17, 15) is 10.2 Å². The lowest BCUT2D eigenvalue weighted by molar-refractivity contribution is 0.165. The number of benzene rings is 4. The number of rotatable bonds is 10. The molecule has 16 heteroatoms. The molecule has 0 radical (unpaired) electrons. The Labute approximate surface area is 376 Å². The first kappa shape index (κ1) is 39.8. The molecule has 0 bridgehead atoms. The van der Waals surface area contributed by atoms with Gasteiger partial charge in [0.15, 0.2) is 10.3 Å². The number of thiazole rings is 2. The maximum Gasteiger partial charge on any atom is 0.184 e. The van der Waals surface area contributed by atoms with Crippen molar-refractivity contribution in [1.29, 1.82) is 0 Å². The minimum absolute atomic E-state index is 0.122. The molecule has 0 saturated carbocycles. The second-order valence-corrected chi connectivity index (χ2v) is 18.5. The van der Waals surface area contributed by atoms with Gasteiger partial charge in [-0.05, 0) is 57.6 Å². The number of hydrogen-bond donors (Lipinski definition) is 4. The Morgan fingerprint density at radius 2 is 1.20 bits per heavy atom. The average molecular weight is 885 g/mol. The number of fused-ring (bicyclic) bond motifs is 4. The highest BCUT2D eigenvalue weighted by molar-refractivity contribution is 7.22. The summed E-state index contributed by atoms with van der Waals surface area (Å²) in [5.74, 6) is 0. The highest BCUT2D eigenvalue weighted by Gasteiger charge is 2.32. The largest absolute Gasteiger partial charge is 0.390 e. The molecule has 64 heavy (non-hydrogen) atoms. The Kier molecular flexibility index (Phi) is 10.3. The fourth-order valence-corrected chi connectivity index (χ4v) is 10.8. The van der Waals surface area contributed by atoms with Gasteiger partial charge >= 0.3 is 0 Å². The van der Waals surface area contributed by atoms with Crippen molar-refractivity contribution in [3.8, 4) is 22.5 Å². The summed E-state index contributed by atoms with van der Waals surface area (Å²) in [6, 6.07) is 28.9. The van der Waals surface area contributed by atoms with Crippen molar-refractivity contribution in [2.24, 2.45) is 14.1 Å². The Hall–Kier alpha value is -6.98. The van der Waals surface area contributed by atoms with E-state index in [0.29, 0.717) is 12.8 Å². The van der Waals surface area contributed by atoms with Crippen LogP contribution < -0.4 is 10.6 Å². The second-order valence-electron chi connectivity index (χ2n) is 16.5. The van der Waals surface area contributed by atoms with Crippen LogP contribution in [0.5, 0.6) is 0 Å². The molecule has 12 rings (SSSR count). The number of aliphatic hydroxyl groups excluding tert-OH is 2. The molecule has 0 fully saturated rings. The van der Waals surface area contributed by atoms with Crippen molar-refractivity contribution in [1.82, 2.24) is 48.6 Å². The highest BCUT2D eigenvalue weighted by atomic mass is 32.1. The number of aryl methyl sites for hydroxylation is 2. The van der Waals surface area contributed by atoms with Gasteiger partial charge in [-0.15, -0.1) is 0 Å². The summed E-state index contributed by atoms with van der Waals surface area (Å²) in [7, 11) is 3.82. The van der Waals surface area contributed by atoms with E-state index in [2.05, 4.69) is 101 Å². The summed E-state index contributed by atoms with van der Waals surface area (Å²) in [5.41, 5.74) is 13.0. The lowest BCUT2D eigenvalue weighted by atomic mass is 10.1. The average Bonchev–Trinajstić information content (AvgIpc) is 4.16. The molecule has 4 N–H and O–H groups in total. The van der Waals surface area contributed by atoms with E-state index in [0.717, 1.165) is 77.4 Å². The summed E-state index contributed by atoms with van der Waals surface area (Å²) >= 11 is 3.24. The predicted molar refractivity (Wildman–Crippen MR) is 251 cm³/mol. The van der Waals surface area contributed by atoms with Crippen molar-refractivity contribution >= 4 is 53.4 Å². The summed E-state index contributed by atoms with van der Waals surface area (Å²) in [4.78, 5) is 18.3. The van der Waals surface area contributed by atoms with Crippen LogP contribution in [0.25, 0.3) is 42.9 Å². The maximum absolute atomic E-state index is 10.6. The number of nitrogens with zero attached hydrogens (tertiary/aromatic N) is 10. The number of imidazole rings is 2. The fraction of sp³-hybridized carbons (Fsp3) is 0.208. The third-order valence-corrected chi connectivity index (χ3v) is 13.8. The Bertz CT molecular complexity index is 3270. The smallest absolute Gasteiger partial charge is 0.184 e. The van der Waals surface area contributed by atoms with Crippen LogP contribution in [0, 0.1) is 0 Å². The van der Waals surface area contributed by atoms with Gasteiger partial charge in [0.1, 0.15) is 0 Å². The van der Waals surface area contributed by atoms with Crippen LogP contribution >= 0.6 is 22.7 Å². The molecule has 4 atom stereocenters. The van der Waals surface area contributed by atoms with Crippen LogP contribution in [0.3, 0.4) is 0 Å². The van der Waals surface area contributed by atoms with Crippen molar-refractivity contribution in [2.45, 2.75) is 50.2 Å². The zero-order chi connectivity index (χ0) is 43.3. The van der Waals surface area contributed by atoms with Crippen LogP contribution in [-0.4, -0.2) is 71.1 Å². The molecule has 0 spiro atoms. The van der Waals surface area contributed by atoms with E-state index < -0.39 is 12.2 Å². The lowest BCUT2D eigenvalue weighted by Gasteiger charge is -2.16. The first-order chi connectivity index (χ1) is 31.3. The molecule has 2 aliphatic rings. The first-order valence-electron chi connectivity index (χ1n) is 21.1. The van der Waals surface area contributed by atoms with Crippen LogP contribution in [0.2, 0.25) is 0 Å². The first-order valence-corrected chi connectivity index (χ1v) is 22.7. The molecule has 10 aromatic rings. The summed E-state index contributed by atoms with van der Waals surface area (Å²) < 4.78 is 10.0. The normalized spacial score (nSPS) is 17.7. The molecular formula is C48H44N12O2S2. The fourth-order valence-electron chi connectivity index (χ4n) is 8.82. The molecule has 6 heterocycles. The zero-order valence-electron chi connectivity index (χ0n) is 35.0. The van der Waals surface area contributed by atoms with Gasteiger partial charge < -0.3 is 30.0 Å². The van der Waals surface area contributed by atoms with Crippen molar-refractivity contribution in [3.05, 3.63) is 168 Å². The molecule has 6 aromatic heterocycles. The highest BCUT2D eigenvalue weighted by Crippen LogP contribution is 2.38. The van der Waals surface area contributed by atoms with Crippen LogP contribution in [-0.2, 0) is 40.0 Å². The van der Waals surface area contributed by atoms with Gasteiger partial charge in [0.25, 0.3) is 0 Å². The minimum Gasteiger partial charge on any atom is -0.390 e. The quantitative estimate of drug-likeness (QED) is 0.106. The SMILES string of the molecule is Cn1cc(-c2cn(Cc3ccc4nc(N[C@@H]5c6ccccc6C[C@H]5O)sc4c3)cn2)cn1.Cn1cc(-c2cncn2Cc2ccc3nc(N[C@@H]4c5ccccc5C[C@H]4O)sc3c2)cn1. The van der Waals surface area contributed by atoms with E-state index in [1.807, 2.05) is 88.2 Å². The van der Waals surface area contributed by atoms with Gasteiger partial charge in [-0.3, -0.25) is 9.36 Å². The predicted octanol–water partition coefficient (Wildman–Crippen LogP) is 8.02. The molecule has 0 saturated heterocycles. The molecule has 0 aliphatic heterocycles. The summed E-state index contributed by atoms with van der Waals surface area (Å²) in [6.45, 7) is 1.45. The van der Waals surface area contributed by atoms with Crippen LogP contribution in [0.15, 0.2) is 135 Å². The third kappa shape index (κ3) is 7.96. The Balaban J connectivity index is 0.000000143. The zero-order valence-corrected chi connectivity index (χ0v) is 36.7. The Morgan fingerprint density at radius 1 is 0.641 bits per heavy atom. The van der Waals surface area contributed by atoms with E-state index in [4.69, 9.17) is 9.97 Å². The second kappa shape index (κ2) is 16.6. The molecule has 0 unspecified atom stereocenters. The van der Waals surface area contributed by atoms with Gasteiger partial charge in [-0.2, -0.15) is 10.2 Å². The van der Waals surface area contributed by atoms with Crippen LogP contribution in [0.4, 0.5) is 10.3 Å². The summed E-state index contributed by atoms with van der Waals surface area (Å²) in [5, 5.41) is 38.2. The standard InChI is InChI=1S/2C24H22N6OS/c1-29-13-17(10-26-29)20-11-25-14-30(20)12-15-6-7-19-22(8-15)32-24(27-19)28-23-18-5-3-2-4-16(18)9-21(23)31;1-29-12-17(10-26-29)20-13-30(14-25-20)11-15-6-7-19-22(8-15)32-24(27-19)28-23-18-5-3-2-4-16(18)9-21(23)31/h2-8,10-11,13-14,21,23,31H,9,12H2,1H3,(H,27,28);2-8,10,12-14,21,23,31H,9,11H2,1H3,(H,27,28)/t2*21-,23-/m11/s1. The molecular weight excluding hydrogens is 841 g/mol.